The molecule has 1 fully saturated rings. The van der Waals surface area contributed by atoms with Crippen molar-refractivity contribution in [2.45, 2.75) is 19.4 Å². The van der Waals surface area contributed by atoms with Crippen LogP contribution >= 0.6 is 23.2 Å². The molecule has 2 N–H and O–H groups in total. The summed E-state index contributed by atoms with van der Waals surface area (Å²) < 4.78 is 31.3. The Morgan fingerprint density at radius 2 is 2.00 bits per heavy atom. The summed E-state index contributed by atoms with van der Waals surface area (Å²) in [5, 5.41) is 5.72. The van der Waals surface area contributed by atoms with Gasteiger partial charge in [-0.05, 0) is 19.1 Å². The van der Waals surface area contributed by atoms with Crippen LogP contribution in [0.25, 0.3) is 0 Å². The summed E-state index contributed by atoms with van der Waals surface area (Å²) in [6.45, 7) is 3.99. The van der Waals surface area contributed by atoms with E-state index in [1.54, 1.807) is 25.0 Å². The third-order valence-corrected chi connectivity index (χ3v) is 5.51. The van der Waals surface area contributed by atoms with Crippen LogP contribution in [-0.2, 0) is 4.79 Å². The van der Waals surface area contributed by atoms with Gasteiger partial charge in [0.05, 0.1) is 24.1 Å². The number of carbonyl (C=O) groups is 1. The number of benzene rings is 1. The topological polar surface area (TPSA) is 74.4 Å². The monoisotopic (exact) mass is 465 g/mol. The van der Waals surface area contributed by atoms with E-state index in [1.165, 1.54) is 5.01 Å². The van der Waals surface area contributed by atoms with Crippen LogP contribution in [0.1, 0.15) is 6.92 Å². The van der Waals surface area contributed by atoms with Gasteiger partial charge in [-0.25, -0.2) is 8.78 Å². The first-order valence-electron chi connectivity index (χ1n) is 9.55. The van der Waals surface area contributed by atoms with Crippen LogP contribution in [0.5, 0.6) is 5.75 Å². The van der Waals surface area contributed by atoms with E-state index >= 15 is 0 Å². The number of nitrogens with two attached hydrogens (primary N) is 1. The highest BCUT2D eigenvalue weighted by atomic mass is 35.5. The van der Waals surface area contributed by atoms with Crippen molar-refractivity contribution in [2.24, 2.45) is 10.8 Å². The molecule has 7 nitrogen and oxygen atoms in total. The Hall–Kier alpha value is -1.84. The molecule has 30 heavy (non-hydrogen) atoms. The van der Waals surface area contributed by atoms with Crippen molar-refractivity contribution in [1.82, 2.24) is 9.91 Å². The number of hydrogen-bond donors (Lipinski definition) is 1. The predicted molar refractivity (Wildman–Crippen MR) is 116 cm³/mol. The maximum absolute atomic E-state index is 13.0. The lowest BCUT2D eigenvalue weighted by Gasteiger charge is -2.37. The lowest BCUT2D eigenvalue weighted by molar-refractivity contribution is -0.133. The number of carbonyl (C=O) groups excluding carboxylic acids is 1. The van der Waals surface area contributed by atoms with Crippen LogP contribution in [0.2, 0.25) is 5.02 Å². The van der Waals surface area contributed by atoms with Gasteiger partial charge in [-0.2, -0.15) is 5.10 Å². The molecule has 1 atom stereocenters. The van der Waals surface area contributed by atoms with Gasteiger partial charge in [-0.3, -0.25) is 9.80 Å². The second kappa shape index (κ2) is 11.5. The first-order chi connectivity index (χ1) is 14.3. The van der Waals surface area contributed by atoms with E-state index in [0.717, 1.165) is 5.69 Å². The molecule has 1 unspecified atom stereocenters. The average Bonchev–Trinajstić information content (AvgIpc) is 2.76. The fourth-order valence-electron chi connectivity index (χ4n) is 3.00. The molecule has 0 aromatic heterocycles. The van der Waals surface area contributed by atoms with Gasteiger partial charge in [0, 0.05) is 44.5 Å². The predicted octanol–water partition coefficient (Wildman–Crippen LogP) is 2.51. The average molecular weight is 466 g/mol. The van der Waals surface area contributed by atoms with Crippen molar-refractivity contribution in [3.63, 3.8) is 0 Å². The minimum Gasteiger partial charge on any atom is -0.495 e. The summed E-state index contributed by atoms with van der Waals surface area (Å²) >= 11 is 11.6. The number of halogens is 4. The third-order valence-electron chi connectivity index (χ3n) is 4.93. The SMILES string of the molecule is COc1cc(N2CCN(C(=O)CN(/N=C(\CCl)C(F)F)C(C)CN)CC2)ccc1Cl. The van der Waals surface area contributed by atoms with Crippen LogP contribution < -0.4 is 15.4 Å². The molecule has 1 amide bonds. The van der Waals surface area contributed by atoms with Gasteiger partial charge in [0.1, 0.15) is 18.0 Å². The van der Waals surface area contributed by atoms with Crippen LogP contribution in [0.4, 0.5) is 14.5 Å². The molecule has 0 bridgehead atoms. The number of rotatable bonds is 9. The van der Waals surface area contributed by atoms with E-state index in [2.05, 4.69) is 10.0 Å². The molecule has 1 aliphatic rings. The molecule has 1 heterocycles. The van der Waals surface area contributed by atoms with Crippen LogP contribution in [0.3, 0.4) is 0 Å². The zero-order valence-corrected chi connectivity index (χ0v) is 18.5. The number of nitrogens with zero attached hydrogens (tertiary/aromatic N) is 4. The molecule has 11 heteroatoms. The normalized spacial score (nSPS) is 16.1. The van der Waals surface area contributed by atoms with Crippen molar-refractivity contribution in [2.75, 3.05) is 57.2 Å². The second-order valence-electron chi connectivity index (χ2n) is 6.89. The summed E-state index contributed by atoms with van der Waals surface area (Å²) in [6, 6.07) is 5.15. The molecule has 0 spiro atoms. The first kappa shape index (κ1) is 24.4. The smallest absolute Gasteiger partial charge is 0.279 e. The van der Waals surface area contributed by atoms with Crippen molar-refractivity contribution in [3.8, 4) is 5.75 Å². The number of anilines is 1. The van der Waals surface area contributed by atoms with Gasteiger partial charge >= 0.3 is 0 Å². The Bertz CT molecular complexity index is 746. The number of alkyl halides is 3. The number of hydrazone groups is 1. The number of hydrogen-bond acceptors (Lipinski definition) is 6. The Balaban J connectivity index is 2.01. The Kier molecular flexibility index (Phi) is 9.38. The molecule has 168 valence electrons. The van der Waals surface area contributed by atoms with Crippen molar-refractivity contribution in [1.29, 1.82) is 0 Å². The third kappa shape index (κ3) is 6.33. The van der Waals surface area contributed by atoms with E-state index in [4.69, 9.17) is 33.7 Å². The Labute approximate surface area is 185 Å². The minimum atomic E-state index is -2.79. The van der Waals surface area contributed by atoms with E-state index in [0.29, 0.717) is 37.0 Å². The standard InChI is InChI=1S/C19H27Cl2F2N5O2/c1-13(11-24)28(25-16(10-20)19(22)23)12-18(29)27-7-5-26(6-8-27)14-3-4-15(21)17(9-14)30-2/h3-4,9,13,19H,5-8,10-12,24H2,1-2H3/b25-16+. The zero-order chi connectivity index (χ0) is 22.3. The summed E-state index contributed by atoms with van der Waals surface area (Å²) in [6.07, 6.45) is -2.79. The van der Waals surface area contributed by atoms with E-state index in [-0.39, 0.29) is 25.0 Å². The van der Waals surface area contributed by atoms with Gasteiger partial charge in [-0.1, -0.05) is 11.6 Å². The molecule has 0 aliphatic carbocycles. The second-order valence-corrected chi connectivity index (χ2v) is 7.57. The van der Waals surface area contributed by atoms with E-state index in [1.807, 2.05) is 12.1 Å². The first-order valence-corrected chi connectivity index (χ1v) is 10.5. The Morgan fingerprint density at radius 3 is 2.53 bits per heavy atom. The van der Waals surface area contributed by atoms with E-state index < -0.39 is 18.0 Å². The summed E-state index contributed by atoms with van der Waals surface area (Å²) in [5.74, 6) is -0.0234. The fraction of sp³-hybridized carbons (Fsp3) is 0.579. The van der Waals surface area contributed by atoms with Gasteiger partial charge in [0.2, 0.25) is 5.91 Å². The maximum atomic E-state index is 13.0. The summed E-state index contributed by atoms with van der Waals surface area (Å²) in [5.41, 5.74) is 6.13. The molecule has 1 aromatic carbocycles. The molecule has 1 saturated heterocycles. The number of piperazine rings is 1. The quantitative estimate of drug-likeness (QED) is 0.344. The maximum Gasteiger partial charge on any atom is 0.279 e. The van der Waals surface area contributed by atoms with Crippen molar-refractivity contribution in [3.05, 3.63) is 23.2 Å². The van der Waals surface area contributed by atoms with Gasteiger partial charge in [-0.15, -0.1) is 11.6 Å². The summed E-state index contributed by atoms with van der Waals surface area (Å²) in [7, 11) is 1.56. The zero-order valence-electron chi connectivity index (χ0n) is 17.0. The van der Waals surface area contributed by atoms with Crippen LogP contribution in [0.15, 0.2) is 23.3 Å². The number of methoxy groups -OCH3 is 1. The minimum absolute atomic E-state index is 0.139. The highest BCUT2D eigenvalue weighted by Gasteiger charge is 2.25. The Morgan fingerprint density at radius 1 is 1.33 bits per heavy atom. The molecule has 0 saturated carbocycles. The van der Waals surface area contributed by atoms with Gasteiger partial charge in [0.25, 0.3) is 6.43 Å². The number of ether oxygens (including phenoxy) is 1. The molecule has 1 aliphatic heterocycles. The molecule has 1 aromatic rings. The fourth-order valence-corrected chi connectivity index (χ4v) is 3.37. The largest absolute Gasteiger partial charge is 0.495 e. The lowest BCUT2D eigenvalue weighted by atomic mass is 10.2. The highest BCUT2D eigenvalue weighted by molar-refractivity contribution is 6.32. The van der Waals surface area contributed by atoms with Crippen molar-refractivity contribution >= 4 is 40.5 Å². The van der Waals surface area contributed by atoms with E-state index in [9.17, 15) is 13.6 Å². The van der Waals surface area contributed by atoms with Crippen molar-refractivity contribution < 1.29 is 18.3 Å². The highest BCUT2D eigenvalue weighted by Crippen LogP contribution is 2.29. The lowest BCUT2D eigenvalue weighted by Crippen LogP contribution is -2.52. The van der Waals surface area contributed by atoms with Gasteiger partial charge < -0.3 is 20.3 Å². The van der Waals surface area contributed by atoms with Gasteiger partial charge in [0.15, 0.2) is 0 Å². The summed E-state index contributed by atoms with van der Waals surface area (Å²) in [4.78, 5) is 16.6. The van der Waals surface area contributed by atoms with Crippen LogP contribution in [0, 0.1) is 0 Å². The molecular formula is C19H27Cl2F2N5O2. The molecular weight excluding hydrogens is 439 g/mol. The molecule has 0 radical (unpaired) electrons. The number of amides is 1. The molecule has 2 rings (SSSR count). The van der Waals surface area contributed by atoms with Crippen LogP contribution in [-0.4, -0.2) is 86.3 Å².